The van der Waals surface area contributed by atoms with E-state index in [1.54, 1.807) is 12.1 Å². The van der Waals surface area contributed by atoms with Crippen LogP contribution in [-0.2, 0) is 12.8 Å². The van der Waals surface area contributed by atoms with Crippen molar-refractivity contribution in [1.82, 2.24) is 5.32 Å². The van der Waals surface area contributed by atoms with Gasteiger partial charge in [-0.15, -0.1) is 0 Å². The Balaban J connectivity index is 2.29. The predicted octanol–water partition coefficient (Wildman–Crippen LogP) is 2.93. The first kappa shape index (κ1) is 11.6. The lowest BCUT2D eigenvalue weighted by atomic mass is 9.83. The first-order chi connectivity index (χ1) is 7.47. The van der Waals surface area contributed by atoms with E-state index < -0.39 is 0 Å². The van der Waals surface area contributed by atoms with E-state index in [1.165, 1.54) is 11.1 Å². The number of nitrogens with one attached hydrogen (secondary N) is 1. The lowest BCUT2D eigenvalue weighted by Crippen LogP contribution is -2.41. The highest BCUT2D eigenvalue weighted by molar-refractivity contribution is 5.30. The Morgan fingerprint density at radius 2 is 2.00 bits per heavy atom. The molecule has 2 rings (SSSR count). The molecule has 1 heterocycles. The van der Waals surface area contributed by atoms with Crippen molar-refractivity contribution in [2.24, 2.45) is 5.41 Å². The highest BCUT2D eigenvalue weighted by Gasteiger charge is 2.26. The summed E-state index contributed by atoms with van der Waals surface area (Å²) in [7, 11) is 0. The van der Waals surface area contributed by atoms with Crippen LogP contribution in [0.4, 0.5) is 4.39 Å². The van der Waals surface area contributed by atoms with Crippen LogP contribution in [0.5, 0.6) is 0 Å². The van der Waals surface area contributed by atoms with Gasteiger partial charge in [0.15, 0.2) is 0 Å². The van der Waals surface area contributed by atoms with Crippen molar-refractivity contribution < 1.29 is 4.39 Å². The summed E-state index contributed by atoms with van der Waals surface area (Å²) in [5, 5.41) is 3.57. The van der Waals surface area contributed by atoms with Gasteiger partial charge in [-0.05, 0) is 48.1 Å². The Bertz CT molecular complexity index is 379. The summed E-state index contributed by atoms with van der Waals surface area (Å²) >= 11 is 0. The average molecular weight is 221 g/mol. The van der Waals surface area contributed by atoms with Gasteiger partial charge in [0.25, 0.3) is 0 Å². The molecule has 1 atom stereocenters. The molecule has 0 saturated carbocycles. The van der Waals surface area contributed by atoms with Crippen LogP contribution in [0.1, 0.15) is 31.9 Å². The van der Waals surface area contributed by atoms with Gasteiger partial charge >= 0.3 is 0 Å². The molecule has 1 aromatic carbocycles. The Hall–Kier alpha value is -0.890. The summed E-state index contributed by atoms with van der Waals surface area (Å²) in [6, 6.07) is 5.62. The molecule has 0 aromatic heterocycles. The van der Waals surface area contributed by atoms with E-state index in [4.69, 9.17) is 0 Å². The fraction of sp³-hybridized carbons (Fsp3) is 0.571. The Labute approximate surface area is 97.1 Å². The molecule has 1 aliphatic heterocycles. The molecular weight excluding hydrogens is 201 g/mol. The van der Waals surface area contributed by atoms with E-state index in [-0.39, 0.29) is 11.2 Å². The molecule has 0 radical (unpaired) electrons. The van der Waals surface area contributed by atoms with Gasteiger partial charge in [-0.2, -0.15) is 0 Å². The second-order valence-electron chi connectivity index (χ2n) is 5.74. The van der Waals surface area contributed by atoms with Gasteiger partial charge in [-0.1, -0.05) is 26.8 Å². The molecule has 0 saturated heterocycles. The van der Waals surface area contributed by atoms with E-state index in [2.05, 4.69) is 26.1 Å². The highest BCUT2D eigenvalue weighted by Crippen LogP contribution is 2.26. The molecule has 1 nitrogen and oxygen atoms in total. The predicted molar refractivity (Wildman–Crippen MR) is 65.1 cm³/mol. The zero-order valence-electron chi connectivity index (χ0n) is 10.3. The maximum atomic E-state index is 13.2. The Morgan fingerprint density at radius 1 is 1.25 bits per heavy atom. The van der Waals surface area contributed by atoms with Gasteiger partial charge in [-0.3, -0.25) is 0 Å². The van der Waals surface area contributed by atoms with Crippen LogP contribution in [-0.4, -0.2) is 12.6 Å². The second-order valence-corrected chi connectivity index (χ2v) is 5.74. The third-order valence-corrected chi connectivity index (χ3v) is 3.42. The number of fused-ring (bicyclic) bond motifs is 1. The topological polar surface area (TPSA) is 12.0 Å². The van der Waals surface area contributed by atoms with Crippen molar-refractivity contribution in [3.63, 3.8) is 0 Å². The van der Waals surface area contributed by atoms with Gasteiger partial charge in [-0.25, -0.2) is 4.39 Å². The molecule has 2 heteroatoms. The summed E-state index contributed by atoms with van der Waals surface area (Å²) in [5.74, 6) is -0.117. The van der Waals surface area contributed by atoms with Crippen molar-refractivity contribution >= 4 is 0 Å². The standard InChI is InChI=1S/C14H20FN/c1-14(2,3)13-9-11-8-12(15)5-4-10(11)6-7-16-13/h4-5,8,13,16H,6-7,9H2,1-3H3. The lowest BCUT2D eigenvalue weighted by Gasteiger charge is -2.30. The van der Waals surface area contributed by atoms with E-state index in [0.717, 1.165) is 19.4 Å². The Morgan fingerprint density at radius 3 is 2.69 bits per heavy atom. The van der Waals surface area contributed by atoms with Crippen LogP contribution >= 0.6 is 0 Å². The molecule has 0 fully saturated rings. The maximum Gasteiger partial charge on any atom is 0.123 e. The number of hydrogen-bond donors (Lipinski definition) is 1. The molecule has 0 spiro atoms. The summed E-state index contributed by atoms with van der Waals surface area (Å²) in [4.78, 5) is 0. The SMILES string of the molecule is CC(C)(C)C1Cc2cc(F)ccc2CCN1. The average Bonchev–Trinajstić information content (AvgIpc) is 2.38. The van der Waals surface area contributed by atoms with Crippen LogP contribution < -0.4 is 5.32 Å². The molecule has 16 heavy (non-hydrogen) atoms. The molecule has 0 bridgehead atoms. The summed E-state index contributed by atoms with van der Waals surface area (Å²) in [6.07, 6.45) is 1.93. The van der Waals surface area contributed by atoms with Crippen LogP contribution in [0.25, 0.3) is 0 Å². The molecule has 88 valence electrons. The molecule has 1 aliphatic rings. The van der Waals surface area contributed by atoms with Gasteiger partial charge in [0.1, 0.15) is 5.82 Å². The minimum atomic E-state index is -0.117. The van der Waals surface area contributed by atoms with Crippen molar-refractivity contribution in [3.8, 4) is 0 Å². The van der Waals surface area contributed by atoms with Gasteiger partial charge in [0.05, 0.1) is 0 Å². The Kier molecular flexibility index (Phi) is 3.02. The first-order valence-electron chi connectivity index (χ1n) is 5.97. The van der Waals surface area contributed by atoms with Crippen LogP contribution in [0, 0.1) is 11.2 Å². The zero-order valence-corrected chi connectivity index (χ0v) is 10.3. The molecule has 1 unspecified atom stereocenters. The molecular formula is C14H20FN. The maximum absolute atomic E-state index is 13.2. The number of hydrogen-bond acceptors (Lipinski definition) is 1. The lowest BCUT2D eigenvalue weighted by molar-refractivity contribution is 0.272. The summed E-state index contributed by atoms with van der Waals surface area (Å²) < 4.78 is 13.2. The molecule has 0 amide bonds. The minimum absolute atomic E-state index is 0.117. The number of rotatable bonds is 0. The van der Waals surface area contributed by atoms with Crippen molar-refractivity contribution in [2.45, 2.75) is 39.7 Å². The summed E-state index contributed by atoms with van der Waals surface area (Å²) in [6.45, 7) is 7.68. The van der Waals surface area contributed by atoms with Gasteiger partial charge in [0, 0.05) is 6.04 Å². The van der Waals surface area contributed by atoms with Crippen LogP contribution in [0.2, 0.25) is 0 Å². The number of halogens is 1. The molecule has 1 aromatic rings. The number of benzene rings is 1. The molecule has 1 N–H and O–H groups in total. The summed E-state index contributed by atoms with van der Waals surface area (Å²) in [5.41, 5.74) is 2.68. The molecule has 0 aliphatic carbocycles. The van der Waals surface area contributed by atoms with E-state index in [9.17, 15) is 4.39 Å². The monoisotopic (exact) mass is 221 g/mol. The third-order valence-electron chi connectivity index (χ3n) is 3.42. The highest BCUT2D eigenvalue weighted by atomic mass is 19.1. The smallest absolute Gasteiger partial charge is 0.123 e. The quantitative estimate of drug-likeness (QED) is 0.710. The van der Waals surface area contributed by atoms with Crippen molar-refractivity contribution in [3.05, 3.63) is 35.1 Å². The third kappa shape index (κ3) is 2.43. The fourth-order valence-electron chi connectivity index (χ4n) is 2.31. The van der Waals surface area contributed by atoms with Gasteiger partial charge < -0.3 is 5.32 Å². The van der Waals surface area contributed by atoms with E-state index >= 15 is 0 Å². The van der Waals surface area contributed by atoms with Crippen molar-refractivity contribution in [2.75, 3.05) is 6.54 Å². The largest absolute Gasteiger partial charge is 0.313 e. The normalized spacial score (nSPS) is 21.4. The fourth-order valence-corrected chi connectivity index (χ4v) is 2.31. The minimum Gasteiger partial charge on any atom is -0.313 e. The van der Waals surface area contributed by atoms with E-state index in [0.29, 0.717) is 6.04 Å². The zero-order chi connectivity index (χ0) is 11.8. The van der Waals surface area contributed by atoms with Gasteiger partial charge in [0.2, 0.25) is 0 Å². The van der Waals surface area contributed by atoms with Crippen LogP contribution in [0.15, 0.2) is 18.2 Å². The van der Waals surface area contributed by atoms with Crippen molar-refractivity contribution in [1.29, 1.82) is 0 Å². The van der Waals surface area contributed by atoms with Crippen LogP contribution in [0.3, 0.4) is 0 Å². The second kappa shape index (κ2) is 4.17. The van der Waals surface area contributed by atoms with E-state index in [1.807, 2.05) is 6.07 Å². The first-order valence-corrected chi connectivity index (χ1v) is 5.97.